The number of ketones is 1. The maximum absolute atomic E-state index is 12.4. The van der Waals surface area contributed by atoms with E-state index in [0.717, 1.165) is 16.5 Å². The van der Waals surface area contributed by atoms with E-state index >= 15 is 0 Å². The number of aromatic hydroxyl groups is 1. The Morgan fingerprint density at radius 2 is 1.79 bits per heavy atom. The number of carbonyl (C=O) groups is 1. The van der Waals surface area contributed by atoms with Crippen LogP contribution in [0.1, 0.15) is 15.9 Å². The monoisotopic (exact) mass is 323 g/mol. The van der Waals surface area contributed by atoms with E-state index in [-0.39, 0.29) is 23.0 Å². The number of aromatic amines is 1. The third kappa shape index (κ3) is 2.84. The third-order valence-electron chi connectivity index (χ3n) is 3.80. The smallest absolute Gasteiger partial charge is 0.200 e. The number of benzene rings is 2. The zero-order valence-electron chi connectivity index (χ0n) is 13.4. The molecular formula is C19H17NO4. The first kappa shape index (κ1) is 15.7. The summed E-state index contributed by atoms with van der Waals surface area (Å²) in [5.41, 5.74) is 2.31. The molecule has 0 unspecified atom stereocenters. The van der Waals surface area contributed by atoms with Crippen LogP contribution in [-0.4, -0.2) is 30.1 Å². The highest BCUT2D eigenvalue weighted by Gasteiger charge is 2.14. The number of methoxy groups -OCH3 is 2. The molecule has 0 atom stereocenters. The summed E-state index contributed by atoms with van der Waals surface area (Å²) in [4.78, 5) is 15.6. The van der Waals surface area contributed by atoms with Crippen LogP contribution in [0.25, 0.3) is 17.0 Å². The Morgan fingerprint density at radius 3 is 2.46 bits per heavy atom. The fraction of sp³-hybridized carbons (Fsp3) is 0.105. The fourth-order valence-corrected chi connectivity index (χ4v) is 2.53. The van der Waals surface area contributed by atoms with E-state index in [0.29, 0.717) is 5.56 Å². The molecule has 0 aliphatic heterocycles. The van der Waals surface area contributed by atoms with Crippen molar-refractivity contribution < 1.29 is 19.4 Å². The molecule has 0 aliphatic rings. The average molecular weight is 323 g/mol. The van der Waals surface area contributed by atoms with Crippen LogP contribution in [0.4, 0.5) is 0 Å². The second kappa shape index (κ2) is 6.50. The summed E-state index contributed by atoms with van der Waals surface area (Å²) in [5.74, 6) is 0.0467. The van der Waals surface area contributed by atoms with E-state index in [4.69, 9.17) is 9.47 Å². The number of allylic oxidation sites excluding steroid dienone is 1. The molecule has 0 saturated carbocycles. The molecule has 2 aromatic carbocycles. The summed E-state index contributed by atoms with van der Waals surface area (Å²) in [5, 5.41) is 11.0. The molecule has 0 saturated heterocycles. The van der Waals surface area contributed by atoms with Crippen LogP contribution < -0.4 is 9.47 Å². The first-order valence-corrected chi connectivity index (χ1v) is 7.37. The highest BCUT2D eigenvalue weighted by atomic mass is 16.5. The molecule has 2 N–H and O–H groups in total. The minimum Gasteiger partial charge on any atom is -0.502 e. The Hall–Kier alpha value is -3.21. The number of hydrogen-bond donors (Lipinski definition) is 2. The third-order valence-corrected chi connectivity index (χ3v) is 3.80. The molecule has 0 fully saturated rings. The van der Waals surface area contributed by atoms with Crippen LogP contribution in [0.15, 0.2) is 48.7 Å². The average Bonchev–Trinajstić information content (AvgIpc) is 3.03. The lowest BCUT2D eigenvalue weighted by Gasteiger charge is -2.09. The zero-order valence-corrected chi connectivity index (χ0v) is 13.4. The van der Waals surface area contributed by atoms with Gasteiger partial charge in [0.05, 0.1) is 14.2 Å². The van der Waals surface area contributed by atoms with Crippen molar-refractivity contribution in [3.8, 4) is 17.2 Å². The number of carbonyl (C=O) groups excluding carboxylic acids is 1. The van der Waals surface area contributed by atoms with E-state index in [1.807, 2.05) is 30.5 Å². The molecule has 0 spiro atoms. The van der Waals surface area contributed by atoms with Gasteiger partial charge in [-0.3, -0.25) is 4.79 Å². The molecule has 5 heteroatoms. The molecule has 1 aromatic heterocycles. The summed E-state index contributed by atoms with van der Waals surface area (Å²) < 4.78 is 10.2. The van der Waals surface area contributed by atoms with Crippen molar-refractivity contribution in [2.75, 3.05) is 14.2 Å². The molecule has 3 rings (SSSR count). The van der Waals surface area contributed by atoms with E-state index < -0.39 is 0 Å². The molecule has 5 nitrogen and oxygen atoms in total. The standard InChI is InChI=1S/C19H17NO4/c1-23-17-9-13(10-18(24-2)19(17)22)16(21)8-7-12-11-20-15-6-4-3-5-14(12)15/h3-11,20,22H,1-2H3/b8-7+. The fourth-order valence-electron chi connectivity index (χ4n) is 2.53. The maximum atomic E-state index is 12.4. The van der Waals surface area contributed by atoms with Gasteiger partial charge in [0.15, 0.2) is 17.3 Å². The molecule has 3 aromatic rings. The van der Waals surface area contributed by atoms with Gasteiger partial charge in [-0.25, -0.2) is 0 Å². The van der Waals surface area contributed by atoms with E-state index in [9.17, 15) is 9.90 Å². The van der Waals surface area contributed by atoms with Crippen molar-refractivity contribution in [2.45, 2.75) is 0 Å². The number of fused-ring (bicyclic) bond motifs is 1. The van der Waals surface area contributed by atoms with Gasteiger partial charge in [0.1, 0.15) is 0 Å². The van der Waals surface area contributed by atoms with Gasteiger partial charge in [-0.1, -0.05) is 18.2 Å². The topological polar surface area (TPSA) is 71.6 Å². The minimum absolute atomic E-state index is 0.128. The quantitative estimate of drug-likeness (QED) is 0.553. The number of ether oxygens (including phenoxy) is 2. The number of rotatable bonds is 5. The molecule has 0 amide bonds. The summed E-state index contributed by atoms with van der Waals surface area (Å²) in [6.07, 6.45) is 5.10. The summed E-state index contributed by atoms with van der Waals surface area (Å²) in [7, 11) is 2.84. The van der Waals surface area contributed by atoms with E-state index in [2.05, 4.69) is 4.98 Å². The second-order valence-electron chi connectivity index (χ2n) is 5.22. The number of phenolic OH excluding ortho intramolecular Hbond substituents is 1. The molecular weight excluding hydrogens is 306 g/mol. The van der Waals surface area contributed by atoms with Gasteiger partial charge in [0, 0.05) is 22.7 Å². The van der Waals surface area contributed by atoms with Gasteiger partial charge in [-0.2, -0.15) is 0 Å². The van der Waals surface area contributed by atoms with Gasteiger partial charge in [-0.05, 0) is 35.9 Å². The van der Waals surface area contributed by atoms with Crippen LogP contribution >= 0.6 is 0 Å². The predicted octanol–water partition coefficient (Wildman–Crippen LogP) is 3.79. The van der Waals surface area contributed by atoms with Crippen LogP contribution in [0.5, 0.6) is 17.2 Å². The maximum Gasteiger partial charge on any atom is 0.200 e. The molecule has 24 heavy (non-hydrogen) atoms. The van der Waals surface area contributed by atoms with Crippen molar-refractivity contribution >= 4 is 22.8 Å². The lowest BCUT2D eigenvalue weighted by molar-refractivity contribution is 0.104. The van der Waals surface area contributed by atoms with Gasteiger partial charge >= 0.3 is 0 Å². The lowest BCUT2D eigenvalue weighted by atomic mass is 10.1. The molecule has 122 valence electrons. The summed E-state index contributed by atoms with van der Waals surface area (Å²) in [6, 6.07) is 10.8. The van der Waals surface area contributed by atoms with E-state index in [1.54, 1.807) is 6.08 Å². The highest BCUT2D eigenvalue weighted by molar-refractivity contribution is 6.08. The van der Waals surface area contributed by atoms with Crippen LogP contribution in [0, 0.1) is 0 Å². The molecule has 0 aliphatic carbocycles. The summed E-state index contributed by atoms with van der Waals surface area (Å²) >= 11 is 0. The Morgan fingerprint density at radius 1 is 1.12 bits per heavy atom. The van der Waals surface area contributed by atoms with Crippen molar-refractivity contribution in [1.82, 2.24) is 4.98 Å². The Balaban J connectivity index is 1.92. The molecule has 1 heterocycles. The lowest BCUT2D eigenvalue weighted by Crippen LogP contribution is -1.98. The Labute approximate surface area is 139 Å². The van der Waals surface area contributed by atoms with Crippen molar-refractivity contribution in [3.05, 3.63) is 59.8 Å². The number of nitrogens with one attached hydrogen (secondary N) is 1. The van der Waals surface area contributed by atoms with Gasteiger partial charge in [0.2, 0.25) is 5.75 Å². The number of para-hydroxylation sites is 1. The zero-order chi connectivity index (χ0) is 17.1. The number of H-pyrrole nitrogens is 1. The number of phenols is 1. The van der Waals surface area contributed by atoms with Crippen LogP contribution in [0.3, 0.4) is 0 Å². The second-order valence-corrected chi connectivity index (χ2v) is 5.22. The van der Waals surface area contributed by atoms with Crippen molar-refractivity contribution in [3.63, 3.8) is 0 Å². The van der Waals surface area contributed by atoms with Gasteiger partial charge in [0.25, 0.3) is 0 Å². The minimum atomic E-state index is -0.211. The summed E-state index contributed by atoms with van der Waals surface area (Å²) in [6.45, 7) is 0. The molecule has 0 bridgehead atoms. The van der Waals surface area contributed by atoms with Gasteiger partial charge in [-0.15, -0.1) is 0 Å². The van der Waals surface area contributed by atoms with Gasteiger partial charge < -0.3 is 19.6 Å². The number of aromatic nitrogens is 1. The first-order valence-electron chi connectivity index (χ1n) is 7.37. The van der Waals surface area contributed by atoms with Crippen molar-refractivity contribution in [1.29, 1.82) is 0 Å². The Bertz CT molecular complexity index is 899. The predicted molar refractivity (Wildman–Crippen MR) is 92.9 cm³/mol. The van der Waals surface area contributed by atoms with Crippen LogP contribution in [0.2, 0.25) is 0 Å². The van der Waals surface area contributed by atoms with Crippen LogP contribution in [-0.2, 0) is 0 Å². The normalized spacial score (nSPS) is 11.1. The largest absolute Gasteiger partial charge is 0.502 e. The number of hydrogen-bond acceptors (Lipinski definition) is 4. The highest BCUT2D eigenvalue weighted by Crippen LogP contribution is 2.37. The SMILES string of the molecule is COc1cc(C(=O)/C=C/c2c[nH]c3ccccc23)cc(OC)c1O. The van der Waals surface area contributed by atoms with Crippen molar-refractivity contribution in [2.24, 2.45) is 0 Å². The first-order chi connectivity index (χ1) is 11.6. The molecule has 0 radical (unpaired) electrons. The Kier molecular flexibility index (Phi) is 4.24. The van der Waals surface area contributed by atoms with E-state index in [1.165, 1.54) is 32.4 Å².